The van der Waals surface area contributed by atoms with E-state index in [0.29, 0.717) is 12.8 Å². The molecule has 0 saturated heterocycles. The molecule has 0 bridgehead atoms. The molecule has 0 amide bonds. The summed E-state index contributed by atoms with van der Waals surface area (Å²) in [5, 5.41) is 0. The van der Waals surface area contributed by atoms with E-state index in [4.69, 9.17) is 4.74 Å². The molecule has 0 heterocycles. The van der Waals surface area contributed by atoms with Gasteiger partial charge in [0, 0.05) is 0 Å². The van der Waals surface area contributed by atoms with Crippen LogP contribution in [0.5, 0.6) is 5.75 Å². The Morgan fingerprint density at radius 3 is 2.45 bits per heavy atom. The number of hydrogen-bond donors (Lipinski definition) is 0. The first-order valence-corrected chi connectivity index (χ1v) is 6.28. The fraction of sp³-hybridized carbons (Fsp3) is 0.500. The normalized spacial score (nSPS) is 17.2. The number of esters is 1. The van der Waals surface area contributed by atoms with Crippen molar-refractivity contribution in [1.29, 1.82) is 0 Å². The van der Waals surface area contributed by atoms with Gasteiger partial charge in [-0.3, -0.25) is 4.79 Å². The van der Waals surface area contributed by atoms with Gasteiger partial charge in [-0.15, -0.1) is 0 Å². The van der Waals surface area contributed by atoms with E-state index in [9.17, 15) is 18.0 Å². The van der Waals surface area contributed by atoms with Crippen LogP contribution in [0.1, 0.15) is 31.2 Å². The van der Waals surface area contributed by atoms with E-state index in [1.807, 2.05) is 0 Å². The molecule has 0 N–H and O–H groups in total. The number of carbonyl (C=O) groups is 1. The molecule has 0 radical (unpaired) electrons. The molecule has 0 spiro atoms. The Hall–Kier alpha value is -1.72. The van der Waals surface area contributed by atoms with Crippen molar-refractivity contribution >= 4 is 5.97 Å². The zero-order valence-electron chi connectivity index (χ0n) is 11.0. The van der Waals surface area contributed by atoms with Gasteiger partial charge in [0.1, 0.15) is 11.4 Å². The Labute approximate surface area is 114 Å². The van der Waals surface area contributed by atoms with Gasteiger partial charge < -0.3 is 9.47 Å². The average molecular weight is 288 g/mol. The molecule has 20 heavy (non-hydrogen) atoms. The van der Waals surface area contributed by atoms with Crippen molar-refractivity contribution in [2.75, 3.05) is 7.11 Å². The Morgan fingerprint density at radius 2 is 1.95 bits per heavy atom. The highest BCUT2D eigenvalue weighted by atomic mass is 19.4. The van der Waals surface area contributed by atoms with E-state index in [1.54, 1.807) is 0 Å². The Balaban J connectivity index is 2.22. The van der Waals surface area contributed by atoms with E-state index in [1.165, 1.54) is 25.3 Å². The van der Waals surface area contributed by atoms with Crippen LogP contribution in [0.4, 0.5) is 13.2 Å². The predicted octanol–water partition coefficient (Wildman–Crippen LogP) is 3.57. The molecule has 1 aromatic rings. The SMILES string of the molecule is COC(=O)CC1(Oc2ccccc2C(F)(F)F)CCC1. The van der Waals surface area contributed by atoms with Crippen LogP contribution in [0.2, 0.25) is 0 Å². The quantitative estimate of drug-likeness (QED) is 0.795. The lowest BCUT2D eigenvalue weighted by Crippen LogP contribution is -2.45. The fourth-order valence-electron chi connectivity index (χ4n) is 2.24. The maximum Gasteiger partial charge on any atom is 0.419 e. The monoisotopic (exact) mass is 288 g/mol. The lowest BCUT2D eigenvalue weighted by molar-refractivity contribution is -0.149. The average Bonchev–Trinajstić information content (AvgIpc) is 2.35. The van der Waals surface area contributed by atoms with E-state index in [2.05, 4.69) is 4.74 Å². The highest BCUT2D eigenvalue weighted by molar-refractivity contribution is 5.70. The molecule has 2 rings (SSSR count). The topological polar surface area (TPSA) is 35.5 Å². The van der Waals surface area contributed by atoms with Crippen LogP contribution in [0.3, 0.4) is 0 Å². The van der Waals surface area contributed by atoms with Crippen molar-refractivity contribution in [3.05, 3.63) is 29.8 Å². The number of alkyl halides is 3. The highest BCUT2D eigenvalue weighted by Crippen LogP contribution is 2.43. The summed E-state index contributed by atoms with van der Waals surface area (Å²) in [4.78, 5) is 11.4. The number of rotatable bonds is 4. The van der Waals surface area contributed by atoms with Gasteiger partial charge in [0.2, 0.25) is 0 Å². The zero-order valence-corrected chi connectivity index (χ0v) is 11.0. The first kappa shape index (κ1) is 14.7. The minimum absolute atomic E-state index is 0.0321. The number of ether oxygens (including phenoxy) is 2. The number of hydrogen-bond acceptors (Lipinski definition) is 3. The molecule has 1 aliphatic rings. The first-order chi connectivity index (χ1) is 9.36. The van der Waals surface area contributed by atoms with Gasteiger partial charge in [0.15, 0.2) is 0 Å². The predicted molar refractivity (Wildman–Crippen MR) is 65.3 cm³/mol. The smallest absolute Gasteiger partial charge is 0.419 e. The number of benzene rings is 1. The van der Waals surface area contributed by atoms with Crippen LogP contribution in [0.25, 0.3) is 0 Å². The fourth-order valence-corrected chi connectivity index (χ4v) is 2.24. The van der Waals surface area contributed by atoms with Crippen LogP contribution in [0, 0.1) is 0 Å². The molecular formula is C14H15F3O3. The second kappa shape index (κ2) is 5.34. The summed E-state index contributed by atoms with van der Waals surface area (Å²) in [6.07, 6.45) is -2.59. The first-order valence-electron chi connectivity index (χ1n) is 6.28. The van der Waals surface area contributed by atoms with Gasteiger partial charge >= 0.3 is 12.1 Å². The maximum absolute atomic E-state index is 12.9. The number of carbonyl (C=O) groups excluding carboxylic acids is 1. The highest BCUT2D eigenvalue weighted by Gasteiger charge is 2.44. The van der Waals surface area contributed by atoms with Crippen LogP contribution in [-0.4, -0.2) is 18.7 Å². The van der Waals surface area contributed by atoms with E-state index in [0.717, 1.165) is 12.5 Å². The minimum atomic E-state index is -4.48. The van der Waals surface area contributed by atoms with Gasteiger partial charge in [-0.25, -0.2) is 0 Å². The van der Waals surface area contributed by atoms with Gasteiger partial charge in [-0.1, -0.05) is 12.1 Å². The third-order valence-electron chi connectivity index (χ3n) is 3.48. The van der Waals surface area contributed by atoms with E-state index < -0.39 is 23.3 Å². The molecular weight excluding hydrogens is 273 g/mol. The maximum atomic E-state index is 12.9. The molecule has 0 unspecified atom stereocenters. The molecule has 6 heteroatoms. The largest absolute Gasteiger partial charge is 0.486 e. The molecule has 0 aliphatic heterocycles. The summed E-state index contributed by atoms with van der Waals surface area (Å²) in [6.45, 7) is 0. The number of methoxy groups -OCH3 is 1. The van der Waals surface area contributed by atoms with Crippen molar-refractivity contribution in [3.63, 3.8) is 0 Å². The standard InChI is InChI=1S/C14H15F3O3/c1-19-12(18)9-13(7-4-8-13)20-11-6-3-2-5-10(11)14(15,16)17/h2-3,5-6H,4,7-9H2,1H3. The molecule has 0 aromatic heterocycles. The van der Waals surface area contributed by atoms with Gasteiger partial charge in [0.25, 0.3) is 0 Å². The summed E-state index contributed by atoms with van der Waals surface area (Å²) < 4.78 is 48.8. The number of para-hydroxylation sites is 1. The van der Waals surface area contributed by atoms with Crippen LogP contribution in [0.15, 0.2) is 24.3 Å². The van der Waals surface area contributed by atoms with Crippen molar-refractivity contribution < 1.29 is 27.4 Å². The second-order valence-electron chi connectivity index (χ2n) is 4.89. The van der Waals surface area contributed by atoms with Crippen molar-refractivity contribution in [1.82, 2.24) is 0 Å². The van der Waals surface area contributed by atoms with E-state index >= 15 is 0 Å². The minimum Gasteiger partial charge on any atom is -0.486 e. The number of halogens is 3. The summed E-state index contributed by atoms with van der Waals surface area (Å²) >= 11 is 0. The molecule has 3 nitrogen and oxygen atoms in total. The van der Waals surface area contributed by atoms with Crippen LogP contribution < -0.4 is 4.74 Å². The third kappa shape index (κ3) is 3.05. The van der Waals surface area contributed by atoms with Crippen LogP contribution >= 0.6 is 0 Å². The Morgan fingerprint density at radius 1 is 1.30 bits per heavy atom. The lowest BCUT2D eigenvalue weighted by atomic mass is 9.77. The summed E-state index contributed by atoms with van der Waals surface area (Å²) in [5.41, 5.74) is -1.69. The molecule has 0 atom stereocenters. The van der Waals surface area contributed by atoms with E-state index in [-0.39, 0.29) is 12.2 Å². The summed E-state index contributed by atoms with van der Waals surface area (Å²) in [7, 11) is 1.25. The Bertz CT molecular complexity index is 493. The third-order valence-corrected chi connectivity index (χ3v) is 3.48. The van der Waals surface area contributed by atoms with Crippen molar-refractivity contribution in [2.45, 2.75) is 37.5 Å². The molecule has 1 saturated carbocycles. The second-order valence-corrected chi connectivity index (χ2v) is 4.89. The molecule has 1 fully saturated rings. The summed E-state index contributed by atoms with van der Waals surface area (Å²) in [5.74, 6) is -0.710. The lowest BCUT2D eigenvalue weighted by Gasteiger charge is -2.41. The molecule has 110 valence electrons. The molecule has 1 aliphatic carbocycles. The molecule has 1 aromatic carbocycles. The van der Waals surface area contributed by atoms with Crippen LogP contribution in [-0.2, 0) is 15.7 Å². The Kier molecular flexibility index (Phi) is 3.92. The summed E-state index contributed by atoms with van der Waals surface area (Å²) in [6, 6.07) is 5.04. The van der Waals surface area contributed by atoms with Gasteiger partial charge in [-0.2, -0.15) is 13.2 Å². The van der Waals surface area contributed by atoms with Crippen molar-refractivity contribution in [3.8, 4) is 5.75 Å². The van der Waals surface area contributed by atoms with Crippen molar-refractivity contribution in [2.24, 2.45) is 0 Å². The zero-order chi connectivity index (χ0) is 14.8. The van der Waals surface area contributed by atoms with Gasteiger partial charge in [0.05, 0.1) is 19.1 Å². The van der Waals surface area contributed by atoms with Gasteiger partial charge in [-0.05, 0) is 31.4 Å².